The van der Waals surface area contributed by atoms with Gasteiger partial charge in [-0.25, -0.2) is 4.68 Å². The van der Waals surface area contributed by atoms with Gasteiger partial charge in [-0.15, -0.1) is 0 Å². The molecule has 0 spiro atoms. The number of carboxylic acids is 1. The highest BCUT2D eigenvalue weighted by atomic mass is 16.4. The SMILES string of the molecule is Cc1ccnn1-c1ccc(C2(C(=O)O)CC2)cc1. The zero-order chi connectivity index (χ0) is 12.8. The zero-order valence-electron chi connectivity index (χ0n) is 10.1. The molecule has 1 fully saturated rings. The van der Waals surface area contributed by atoms with Crippen molar-refractivity contribution in [3.05, 3.63) is 47.8 Å². The molecule has 18 heavy (non-hydrogen) atoms. The van der Waals surface area contributed by atoms with Gasteiger partial charge in [-0.3, -0.25) is 4.79 Å². The van der Waals surface area contributed by atoms with Crippen LogP contribution in [-0.4, -0.2) is 20.9 Å². The van der Waals surface area contributed by atoms with Gasteiger partial charge in [0.25, 0.3) is 0 Å². The van der Waals surface area contributed by atoms with Crippen molar-refractivity contribution in [1.29, 1.82) is 0 Å². The first-order valence-corrected chi connectivity index (χ1v) is 5.98. The Bertz CT molecular complexity index is 595. The summed E-state index contributed by atoms with van der Waals surface area (Å²) in [6.07, 6.45) is 3.23. The van der Waals surface area contributed by atoms with Crippen molar-refractivity contribution in [1.82, 2.24) is 9.78 Å². The average molecular weight is 242 g/mol. The summed E-state index contributed by atoms with van der Waals surface area (Å²) in [6.45, 7) is 1.99. The molecule has 1 heterocycles. The number of aliphatic carboxylic acids is 1. The van der Waals surface area contributed by atoms with Gasteiger partial charge in [-0.1, -0.05) is 12.1 Å². The van der Waals surface area contributed by atoms with Gasteiger partial charge in [0.05, 0.1) is 11.1 Å². The standard InChI is InChI=1S/C14H14N2O2/c1-10-6-9-15-16(10)12-4-2-11(3-5-12)14(7-8-14)13(17)18/h2-6,9H,7-8H2,1H3,(H,17,18). The van der Waals surface area contributed by atoms with Crippen LogP contribution in [0.4, 0.5) is 0 Å². The predicted octanol–water partition coefficient (Wildman–Crippen LogP) is 2.30. The predicted molar refractivity (Wildman–Crippen MR) is 66.8 cm³/mol. The van der Waals surface area contributed by atoms with E-state index in [1.165, 1.54) is 0 Å². The number of carboxylic acid groups (broad SMARTS) is 1. The lowest BCUT2D eigenvalue weighted by Crippen LogP contribution is -2.19. The second-order valence-electron chi connectivity index (χ2n) is 4.82. The van der Waals surface area contributed by atoms with Gasteiger partial charge < -0.3 is 5.11 Å². The molecule has 0 radical (unpaired) electrons. The van der Waals surface area contributed by atoms with Gasteiger partial charge in [0, 0.05) is 11.9 Å². The van der Waals surface area contributed by atoms with Crippen molar-refractivity contribution in [2.45, 2.75) is 25.2 Å². The van der Waals surface area contributed by atoms with E-state index in [0.717, 1.165) is 29.8 Å². The van der Waals surface area contributed by atoms with Gasteiger partial charge in [-0.2, -0.15) is 5.10 Å². The third-order valence-corrected chi connectivity index (χ3v) is 3.66. The van der Waals surface area contributed by atoms with Gasteiger partial charge in [0.15, 0.2) is 0 Å². The molecule has 1 N–H and O–H groups in total. The molecule has 92 valence electrons. The van der Waals surface area contributed by atoms with E-state index in [-0.39, 0.29) is 0 Å². The maximum atomic E-state index is 11.2. The average Bonchev–Trinajstić information content (AvgIpc) is 3.08. The number of rotatable bonds is 3. The second-order valence-corrected chi connectivity index (χ2v) is 4.82. The summed E-state index contributed by atoms with van der Waals surface area (Å²) < 4.78 is 1.84. The van der Waals surface area contributed by atoms with Crippen molar-refractivity contribution in [2.75, 3.05) is 0 Å². The lowest BCUT2D eigenvalue weighted by Gasteiger charge is -2.11. The Morgan fingerprint density at radius 2 is 1.94 bits per heavy atom. The topological polar surface area (TPSA) is 55.1 Å². The molecule has 4 nitrogen and oxygen atoms in total. The van der Waals surface area contributed by atoms with Crippen LogP contribution < -0.4 is 0 Å². The van der Waals surface area contributed by atoms with Crippen molar-refractivity contribution >= 4 is 5.97 Å². The van der Waals surface area contributed by atoms with Crippen molar-refractivity contribution < 1.29 is 9.90 Å². The number of nitrogens with zero attached hydrogens (tertiary/aromatic N) is 2. The minimum atomic E-state index is -0.717. The fraction of sp³-hybridized carbons (Fsp3) is 0.286. The van der Waals surface area contributed by atoms with Crippen molar-refractivity contribution in [2.24, 2.45) is 0 Å². The monoisotopic (exact) mass is 242 g/mol. The van der Waals surface area contributed by atoms with Gasteiger partial charge >= 0.3 is 5.97 Å². The van der Waals surface area contributed by atoms with E-state index < -0.39 is 11.4 Å². The van der Waals surface area contributed by atoms with Crippen LogP contribution in [0.2, 0.25) is 0 Å². The van der Waals surface area contributed by atoms with E-state index in [1.54, 1.807) is 6.20 Å². The minimum Gasteiger partial charge on any atom is -0.481 e. The van der Waals surface area contributed by atoms with E-state index in [9.17, 15) is 9.90 Å². The smallest absolute Gasteiger partial charge is 0.314 e. The molecular weight excluding hydrogens is 228 g/mol. The number of benzene rings is 1. The third kappa shape index (κ3) is 1.53. The van der Waals surface area contributed by atoms with Crippen LogP contribution in [-0.2, 0) is 10.2 Å². The molecule has 0 aliphatic heterocycles. The molecule has 0 unspecified atom stereocenters. The molecule has 1 aromatic carbocycles. The Balaban J connectivity index is 1.95. The van der Waals surface area contributed by atoms with Crippen LogP contribution >= 0.6 is 0 Å². The van der Waals surface area contributed by atoms with Crippen LogP contribution in [0.25, 0.3) is 5.69 Å². The number of hydrogen-bond acceptors (Lipinski definition) is 2. The summed E-state index contributed by atoms with van der Waals surface area (Å²) in [6, 6.07) is 9.60. The largest absolute Gasteiger partial charge is 0.481 e. The summed E-state index contributed by atoms with van der Waals surface area (Å²) in [5.41, 5.74) is 2.28. The summed E-state index contributed by atoms with van der Waals surface area (Å²) in [5, 5.41) is 13.5. The molecule has 0 bridgehead atoms. The van der Waals surface area contributed by atoms with Crippen LogP contribution in [0.5, 0.6) is 0 Å². The molecule has 1 saturated carbocycles. The highest BCUT2D eigenvalue weighted by Crippen LogP contribution is 2.48. The molecule has 1 aliphatic rings. The molecule has 4 heteroatoms. The Kier molecular flexibility index (Phi) is 2.26. The molecule has 0 saturated heterocycles. The first kappa shape index (κ1) is 11.0. The molecule has 1 aliphatic carbocycles. The van der Waals surface area contributed by atoms with E-state index in [4.69, 9.17) is 0 Å². The third-order valence-electron chi connectivity index (χ3n) is 3.66. The lowest BCUT2D eigenvalue weighted by molar-refractivity contribution is -0.140. The van der Waals surface area contributed by atoms with Gasteiger partial charge in [0.1, 0.15) is 0 Å². The highest BCUT2D eigenvalue weighted by Gasteiger charge is 2.51. The van der Waals surface area contributed by atoms with Gasteiger partial charge in [-0.05, 0) is 43.5 Å². The molecule has 0 amide bonds. The number of aromatic nitrogens is 2. The Labute approximate surface area is 105 Å². The maximum absolute atomic E-state index is 11.2. The van der Waals surface area contributed by atoms with Crippen LogP contribution in [0.3, 0.4) is 0 Å². The maximum Gasteiger partial charge on any atom is 0.314 e. The number of aryl methyl sites for hydroxylation is 1. The van der Waals surface area contributed by atoms with Gasteiger partial charge in [0.2, 0.25) is 0 Å². The Hall–Kier alpha value is -2.10. The van der Waals surface area contributed by atoms with E-state index in [0.29, 0.717) is 0 Å². The quantitative estimate of drug-likeness (QED) is 0.898. The molecule has 2 aromatic rings. The van der Waals surface area contributed by atoms with Crippen LogP contribution in [0.15, 0.2) is 36.5 Å². The Morgan fingerprint density at radius 1 is 1.28 bits per heavy atom. The zero-order valence-corrected chi connectivity index (χ0v) is 10.1. The first-order chi connectivity index (χ1) is 8.63. The number of hydrogen-bond donors (Lipinski definition) is 1. The normalized spacial score (nSPS) is 16.5. The molecule has 0 atom stereocenters. The van der Waals surface area contributed by atoms with Crippen LogP contribution in [0, 0.1) is 6.92 Å². The summed E-state index contributed by atoms with van der Waals surface area (Å²) in [4.78, 5) is 11.2. The van der Waals surface area contributed by atoms with E-state index in [1.807, 2.05) is 41.9 Å². The molecule has 1 aromatic heterocycles. The van der Waals surface area contributed by atoms with E-state index >= 15 is 0 Å². The number of carbonyl (C=O) groups is 1. The highest BCUT2D eigenvalue weighted by molar-refractivity contribution is 5.84. The van der Waals surface area contributed by atoms with Crippen molar-refractivity contribution in [3.63, 3.8) is 0 Å². The fourth-order valence-corrected chi connectivity index (χ4v) is 2.31. The minimum absolute atomic E-state index is 0.627. The lowest BCUT2D eigenvalue weighted by atomic mass is 9.96. The Morgan fingerprint density at radius 3 is 2.39 bits per heavy atom. The first-order valence-electron chi connectivity index (χ1n) is 5.98. The molecular formula is C14H14N2O2. The summed E-state index contributed by atoms with van der Waals surface area (Å²) in [5.74, 6) is -0.717. The van der Waals surface area contributed by atoms with Crippen LogP contribution in [0.1, 0.15) is 24.1 Å². The molecule has 3 rings (SSSR count). The summed E-state index contributed by atoms with van der Waals surface area (Å²) >= 11 is 0. The summed E-state index contributed by atoms with van der Waals surface area (Å²) in [7, 11) is 0. The van der Waals surface area contributed by atoms with Crippen molar-refractivity contribution in [3.8, 4) is 5.69 Å². The van der Waals surface area contributed by atoms with E-state index in [2.05, 4.69) is 5.10 Å². The second kappa shape index (κ2) is 3.70. The fourth-order valence-electron chi connectivity index (χ4n) is 2.31.